The number of hydrogen-bond donors (Lipinski definition) is 6. The number of nitrogens with two attached hydrogens (primary N) is 1. The van der Waals surface area contributed by atoms with Gasteiger partial charge in [-0.25, -0.2) is 5.48 Å². The van der Waals surface area contributed by atoms with Crippen LogP contribution in [0.2, 0.25) is 0 Å². The van der Waals surface area contributed by atoms with E-state index >= 15 is 0 Å². The van der Waals surface area contributed by atoms with Crippen LogP contribution < -0.4 is 27.2 Å². The molecule has 0 bridgehead atoms. The number of anilines is 1. The molecule has 7 N–H and O–H groups in total. The summed E-state index contributed by atoms with van der Waals surface area (Å²) in [5, 5.41) is 27.6. The van der Waals surface area contributed by atoms with Crippen molar-refractivity contribution in [1.29, 1.82) is 0 Å². The first-order chi connectivity index (χ1) is 18.8. The van der Waals surface area contributed by atoms with Crippen LogP contribution in [0, 0.1) is 22.0 Å². The van der Waals surface area contributed by atoms with Gasteiger partial charge < -0.3 is 21.7 Å². The predicted octanol–water partition coefficient (Wildman–Crippen LogP) is 1.92. The van der Waals surface area contributed by atoms with Crippen molar-refractivity contribution in [3.8, 4) is 11.8 Å². The number of benzene rings is 3. The quantitative estimate of drug-likeness (QED) is 0.0962. The zero-order valence-corrected chi connectivity index (χ0v) is 20.6. The van der Waals surface area contributed by atoms with Crippen LogP contribution in [0.5, 0.6) is 0 Å². The average Bonchev–Trinajstić information content (AvgIpc) is 2.95. The van der Waals surface area contributed by atoms with Crippen LogP contribution in [0.4, 0.5) is 11.4 Å². The van der Waals surface area contributed by atoms with Gasteiger partial charge in [-0.05, 0) is 54.1 Å². The lowest BCUT2D eigenvalue weighted by Crippen LogP contribution is -2.50. The van der Waals surface area contributed by atoms with Gasteiger partial charge in [-0.1, -0.05) is 31.4 Å². The van der Waals surface area contributed by atoms with Crippen LogP contribution in [0.15, 0.2) is 72.8 Å². The highest BCUT2D eigenvalue weighted by atomic mass is 16.6. The molecule has 12 heteroatoms. The number of carbonyl (C=O) groups is 3. The van der Waals surface area contributed by atoms with E-state index in [1.54, 1.807) is 60.7 Å². The fraction of sp³-hybridized carbons (Fsp3) is 0.179. The first-order valence-electron chi connectivity index (χ1n) is 11.7. The van der Waals surface area contributed by atoms with Gasteiger partial charge in [-0.15, -0.1) is 0 Å². The maximum absolute atomic E-state index is 12.3. The van der Waals surface area contributed by atoms with Gasteiger partial charge in [0.1, 0.15) is 6.04 Å². The second kappa shape index (κ2) is 15.4. The van der Waals surface area contributed by atoms with Gasteiger partial charge in [0.2, 0.25) is 5.91 Å². The number of hydrogen-bond acceptors (Lipinski definition) is 8. The lowest BCUT2D eigenvalue weighted by molar-refractivity contribution is -0.384. The fourth-order valence-electron chi connectivity index (χ4n) is 3.30. The molecule has 12 nitrogen and oxygen atoms in total. The molecule has 3 rings (SSSR count). The van der Waals surface area contributed by atoms with Crippen LogP contribution in [-0.4, -0.2) is 47.0 Å². The number of nitrogens with zero attached hydrogens (tertiary/aromatic N) is 1. The monoisotopic (exact) mass is 546 g/mol. The third kappa shape index (κ3) is 9.34. The van der Waals surface area contributed by atoms with E-state index in [2.05, 4.69) is 27.8 Å². The number of rotatable bonds is 10. The van der Waals surface area contributed by atoms with Gasteiger partial charge in [0.25, 0.3) is 17.5 Å². The van der Waals surface area contributed by atoms with Crippen LogP contribution >= 0.6 is 0 Å². The molecule has 0 saturated carbocycles. The van der Waals surface area contributed by atoms with Gasteiger partial charge in [0.05, 0.1) is 11.5 Å². The molecule has 0 fully saturated rings. The molecule has 3 aromatic rings. The molecule has 0 aliphatic carbocycles. The number of nitro benzene ring substituents is 1. The van der Waals surface area contributed by atoms with Crippen molar-refractivity contribution < 1.29 is 24.5 Å². The van der Waals surface area contributed by atoms with Gasteiger partial charge in [0, 0.05) is 47.6 Å². The second-order valence-electron chi connectivity index (χ2n) is 8.22. The normalized spacial score (nSPS) is 10.7. The van der Waals surface area contributed by atoms with Crippen molar-refractivity contribution >= 4 is 29.1 Å². The topological polar surface area (TPSA) is 189 Å². The molecule has 0 heterocycles. The summed E-state index contributed by atoms with van der Waals surface area (Å²) < 4.78 is 0. The minimum Gasteiger partial charge on any atom is -0.339 e. The predicted molar refractivity (Wildman–Crippen MR) is 149 cm³/mol. The fourth-order valence-corrected chi connectivity index (χ4v) is 3.30. The Morgan fingerprint density at radius 2 is 1.50 bits per heavy atom. The average molecular weight is 547 g/mol. The Morgan fingerprint density at radius 3 is 2.02 bits per heavy atom. The Bertz CT molecular complexity index is 1380. The van der Waals surface area contributed by atoms with Crippen molar-refractivity contribution in [3.63, 3.8) is 0 Å². The standard InChI is InChI=1S/C27H26N6O6.CH4/c28-15-24(27(36)32-37)31-26(35)21-9-3-18(4-10-21)1-2-19-5-11-22(12-6-19)30-25(34)17-29-16-20-7-13-23(14-8-20)33(38)39;/h3-14,24,29,37H,15-17,28H2,(H,30,34)(H,31,35)(H,32,36);1H4/t24-;/m0./s1. The molecular weight excluding hydrogens is 516 g/mol. The summed E-state index contributed by atoms with van der Waals surface area (Å²) in [6.45, 7) is 0.278. The molecule has 0 aromatic heterocycles. The summed E-state index contributed by atoms with van der Waals surface area (Å²) in [6.07, 6.45) is 0. The Balaban J connectivity index is 0.00000560. The lowest BCUT2D eigenvalue weighted by Gasteiger charge is -2.14. The maximum atomic E-state index is 12.3. The van der Waals surface area contributed by atoms with Crippen molar-refractivity contribution in [2.45, 2.75) is 20.0 Å². The van der Waals surface area contributed by atoms with Gasteiger partial charge in [0.15, 0.2) is 0 Å². The summed E-state index contributed by atoms with van der Waals surface area (Å²) in [5.41, 5.74) is 9.99. The number of non-ortho nitro benzene ring substituents is 1. The largest absolute Gasteiger partial charge is 0.339 e. The van der Waals surface area contributed by atoms with Gasteiger partial charge in [-0.3, -0.25) is 29.7 Å². The molecule has 0 aliphatic rings. The third-order valence-electron chi connectivity index (χ3n) is 5.40. The Labute approximate surface area is 231 Å². The number of amides is 3. The third-order valence-corrected chi connectivity index (χ3v) is 5.40. The van der Waals surface area contributed by atoms with E-state index in [1.165, 1.54) is 17.6 Å². The molecule has 1 atom stereocenters. The smallest absolute Gasteiger partial charge is 0.269 e. The van der Waals surface area contributed by atoms with E-state index in [1.807, 2.05) is 0 Å². The summed E-state index contributed by atoms with van der Waals surface area (Å²) in [7, 11) is 0. The van der Waals surface area contributed by atoms with Crippen molar-refractivity contribution in [2.24, 2.45) is 5.73 Å². The molecule has 0 radical (unpaired) electrons. The number of hydroxylamine groups is 1. The highest BCUT2D eigenvalue weighted by Crippen LogP contribution is 2.12. The van der Waals surface area contributed by atoms with Crippen molar-refractivity contribution in [1.82, 2.24) is 16.1 Å². The van der Waals surface area contributed by atoms with E-state index in [4.69, 9.17) is 10.9 Å². The van der Waals surface area contributed by atoms with Crippen LogP contribution in [-0.2, 0) is 16.1 Å². The first kappa shape index (κ1) is 31.1. The summed E-state index contributed by atoms with van der Waals surface area (Å²) in [5.74, 6) is 4.42. The number of carbonyl (C=O) groups excluding carboxylic acids is 3. The SMILES string of the molecule is C.NC[C@H](NC(=O)c1ccc(C#Cc2ccc(NC(=O)CNCc3ccc([N+](=O)[O-])cc3)cc2)cc1)C(=O)NO. The number of nitro groups is 1. The van der Waals surface area contributed by atoms with E-state index in [0.29, 0.717) is 28.9 Å². The maximum Gasteiger partial charge on any atom is 0.269 e. The molecule has 3 amide bonds. The minimum atomic E-state index is -1.06. The number of nitrogens with one attached hydrogen (secondary N) is 4. The van der Waals surface area contributed by atoms with Crippen molar-refractivity contribution in [3.05, 3.63) is 105 Å². The Kier molecular flexibility index (Phi) is 11.9. The molecule has 0 spiro atoms. The van der Waals surface area contributed by atoms with E-state index in [9.17, 15) is 24.5 Å². The first-order valence-corrected chi connectivity index (χ1v) is 11.7. The molecular formula is C28H30N6O6. The zero-order chi connectivity index (χ0) is 28.2. The van der Waals surface area contributed by atoms with Crippen LogP contribution in [0.3, 0.4) is 0 Å². The van der Waals surface area contributed by atoms with Gasteiger partial charge >= 0.3 is 0 Å². The molecule has 40 heavy (non-hydrogen) atoms. The highest BCUT2D eigenvalue weighted by molar-refractivity contribution is 5.97. The molecule has 0 unspecified atom stereocenters. The molecule has 3 aromatic carbocycles. The van der Waals surface area contributed by atoms with E-state index in [-0.39, 0.29) is 32.1 Å². The molecule has 208 valence electrons. The van der Waals surface area contributed by atoms with Crippen LogP contribution in [0.1, 0.15) is 34.5 Å². The minimum absolute atomic E-state index is 0. The van der Waals surface area contributed by atoms with E-state index < -0.39 is 22.8 Å². The summed E-state index contributed by atoms with van der Waals surface area (Å²) in [4.78, 5) is 46.1. The Hall–Kier alpha value is -5.09. The summed E-state index contributed by atoms with van der Waals surface area (Å²) >= 11 is 0. The second-order valence-corrected chi connectivity index (χ2v) is 8.22. The van der Waals surface area contributed by atoms with Crippen LogP contribution in [0.25, 0.3) is 0 Å². The summed E-state index contributed by atoms with van der Waals surface area (Å²) in [6, 6.07) is 18.4. The zero-order valence-electron chi connectivity index (χ0n) is 20.6. The van der Waals surface area contributed by atoms with Gasteiger partial charge in [-0.2, -0.15) is 0 Å². The van der Waals surface area contributed by atoms with E-state index in [0.717, 1.165) is 5.56 Å². The highest BCUT2D eigenvalue weighted by Gasteiger charge is 2.19. The van der Waals surface area contributed by atoms with Crippen molar-refractivity contribution in [2.75, 3.05) is 18.4 Å². The molecule has 0 saturated heterocycles. The Morgan fingerprint density at radius 1 is 0.925 bits per heavy atom. The molecule has 0 aliphatic heterocycles. The lowest BCUT2D eigenvalue weighted by atomic mass is 10.1.